The molecule has 0 bridgehead atoms. The lowest BCUT2D eigenvalue weighted by molar-refractivity contribution is -0.130. The van der Waals surface area contributed by atoms with E-state index in [2.05, 4.69) is 0 Å². The largest absolute Gasteiger partial charge is 0.494 e. The molecule has 1 aliphatic carbocycles. The quantitative estimate of drug-likeness (QED) is 0.733. The lowest BCUT2D eigenvalue weighted by atomic mass is 9.98. The van der Waals surface area contributed by atoms with Gasteiger partial charge in [0.2, 0.25) is 5.91 Å². The minimum Gasteiger partial charge on any atom is -0.494 e. The van der Waals surface area contributed by atoms with Crippen LogP contribution in [0.3, 0.4) is 0 Å². The number of nitrogens with zero attached hydrogens (tertiary/aromatic N) is 1. The maximum atomic E-state index is 12.3. The predicted molar refractivity (Wildman–Crippen MR) is 102 cm³/mol. The number of carbonyl (C=O) groups excluding carboxylic acids is 1. The highest BCUT2D eigenvalue weighted by Crippen LogP contribution is 2.37. The van der Waals surface area contributed by atoms with Crippen LogP contribution in [0, 0.1) is 11.8 Å². The Bertz CT molecular complexity index is 723. The number of nitrogens with two attached hydrogens (primary N) is 1. The maximum Gasteiger partial charge on any atom is 0.222 e. The molecule has 3 unspecified atom stereocenters. The highest BCUT2D eigenvalue weighted by Gasteiger charge is 2.42. The fourth-order valence-corrected chi connectivity index (χ4v) is 4.50. The molecule has 6 nitrogen and oxygen atoms in total. The Hall–Kier alpha value is -1.31. The zero-order valence-corrected chi connectivity index (χ0v) is 16.6. The van der Waals surface area contributed by atoms with Crippen molar-refractivity contribution in [3.8, 4) is 5.75 Å². The van der Waals surface area contributed by atoms with E-state index in [-0.39, 0.29) is 29.3 Å². The van der Waals surface area contributed by atoms with Gasteiger partial charge in [0.05, 0.1) is 11.5 Å². The molecule has 1 saturated carbocycles. The van der Waals surface area contributed by atoms with Gasteiger partial charge in [0, 0.05) is 31.8 Å². The van der Waals surface area contributed by atoms with Crippen LogP contribution in [0.1, 0.15) is 25.7 Å². The fourth-order valence-electron chi connectivity index (χ4n) is 3.87. The van der Waals surface area contributed by atoms with Crippen molar-refractivity contribution in [3.05, 3.63) is 24.3 Å². The Kier molecular flexibility index (Phi) is 6.93. The summed E-state index contributed by atoms with van der Waals surface area (Å²) in [7, 11) is -3.19. The molecular formula is C18H27ClN2O4S. The van der Waals surface area contributed by atoms with Crippen molar-refractivity contribution in [3.63, 3.8) is 0 Å². The van der Waals surface area contributed by atoms with Gasteiger partial charge in [0.25, 0.3) is 0 Å². The Labute approximate surface area is 161 Å². The van der Waals surface area contributed by atoms with Gasteiger partial charge in [-0.05, 0) is 55.4 Å². The molecule has 2 N–H and O–H groups in total. The first-order valence-electron chi connectivity index (χ1n) is 8.81. The molecule has 3 rings (SSSR count). The van der Waals surface area contributed by atoms with Gasteiger partial charge in [0.1, 0.15) is 5.75 Å². The average Bonchev–Trinajstić information content (AvgIpc) is 3.13. The van der Waals surface area contributed by atoms with Crippen molar-refractivity contribution in [1.29, 1.82) is 0 Å². The molecule has 2 fully saturated rings. The summed E-state index contributed by atoms with van der Waals surface area (Å²) in [5.74, 6) is 1.86. The van der Waals surface area contributed by atoms with Gasteiger partial charge in [-0.15, -0.1) is 12.4 Å². The van der Waals surface area contributed by atoms with E-state index in [0.29, 0.717) is 37.0 Å². The summed E-state index contributed by atoms with van der Waals surface area (Å²) in [5, 5.41) is 0. The molecule has 0 aromatic heterocycles. The van der Waals surface area contributed by atoms with Crippen LogP contribution in [0.4, 0.5) is 0 Å². The summed E-state index contributed by atoms with van der Waals surface area (Å²) in [4.78, 5) is 14.5. The first kappa shape index (κ1) is 21.0. The molecule has 2 aliphatic rings. The number of benzene rings is 1. The standard InChI is InChI=1S/C18H26N2O4S.ClH/c1-25(22,23)15-7-5-14(6-8-15)24-10-2-3-18(21)20-11-13-4-9-17(19)16(13)12-20;/h5-8,13,16-17H,2-4,9-12,19H2,1H3;1H. The lowest BCUT2D eigenvalue weighted by Crippen LogP contribution is -2.33. The van der Waals surface area contributed by atoms with E-state index >= 15 is 0 Å². The maximum absolute atomic E-state index is 12.3. The zero-order valence-electron chi connectivity index (χ0n) is 15.0. The number of hydrogen-bond donors (Lipinski definition) is 1. The molecule has 3 atom stereocenters. The summed E-state index contributed by atoms with van der Waals surface area (Å²) in [6.45, 7) is 2.09. The molecule has 0 radical (unpaired) electrons. The summed E-state index contributed by atoms with van der Waals surface area (Å²) in [5.41, 5.74) is 6.11. The van der Waals surface area contributed by atoms with Crippen LogP contribution in [0.2, 0.25) is 0 Å². The molecule has 26 heavy (non-hydrogen) atoms. The van der Waals surface area contributed by atoms with Crippen LogP contribution < -0.4 is 10.5 Å². The van der Waals surface area contributed by atoms with Crippen molar-refractivity contribution < 1.29 is 17.9 Å². The number of rotatable bonds is 6. The molecule has 1 saturated heterocycles. The minimum atomic E-state index is -3.19. The van der Waals surface area contributed by atoms with Crippen molar-refractivity contribution in [2.24, 2.45) is 17.6 Å². The third-order valence-electron chi connectivity index (χ3n) is 5.32. The van der Waals surface area contributed by atoms with Crippen LogP contribution in [0.15, 0.2) is 29.2 Å². The number of carbonyl (C=O) groups is 1. The number of hydrogen-bond acceptors (Lipinski definition) is 5. The topological polar surface area (TPSA) is 89.7 Å². The molecule has 1 aromatic rings. The van der Waals surface area contributed by atoms with E-state index in [0.717, 1.165) is 25.9 Å². The van der Waals surface area contributed by atoms with Gasteiger partial charge in [-0.25, -0.2) is 8.42 Å². The molecule has 1 heterocycles. The second-order valence-electron chi connectivity index (χ2n) is 7.16. The minimum absolute atomic E-state index is 0. The normalized spacial score (nSPS) is 24.8. The van der Waals surface area contributed by atoms with Crippen LogP contribution >= 0.6 is 12.4 Å². The van der Waals surface area contributed by atoms with Crippen LogP contribution in [-0.4, -0.2) is 51.2 Å². The Morgan fingerprint density at radius 1 is 1.23 bits per heavy atom. The molecule has 1 aliphatic heterocycles. The van der Waals surface area contributed by atoms with E-state index < -0.39 is 9.84 Å². The smallest absolute Gasteiger partial charge is 0.222 e. The third-order valence-corrected chi connectivity index (χ3v) is 6.45. The SMILES string of the molecule is CS(=O)(=O)c1ccc(OCCCC(=O)N2CC3CCC(N)C3C2)cc1.Cl. The van der Waals surface area contributed by atoms with E-state index in [4.69, 9.17) is 10.5 Å². The molecule has 146 valence electrons. The van der Waals surface area contributed by atoms with Crippen molar-refractivity contribution in [2.75, 3.05) is 26.0 Å². The van der Waals surface area contributed by atoms with Crippen molar-refractivity contribution >= 4 is 28.2 Å². The first-order chi connectivity index (χ1) is 11.8. The van der Waals surface area contributed by atoms with E-state index in [1.807, 2.05) is 4.90 Å². The van der Waals surface area contributed by atoms with Gasteiger partial charge in [-0.1, -0.05) is 0 Å². The van der Waals surface area contributed by atoms with Gasteiger partial charge in [-0.2, -0.15) is 0 Å². The van der Waals surface area contributed by atoms with Crippen LogP contribution in [0.5, 0.6) is 5.75 Å². The molecule has 8 heteroatoms. The highest BCUT2D eigenvalue weighted by molar-refractivity contribution is 7.90. The fraction of sp³-hybridized carbons (Fsp3) is 0.611. The third kappa shape index (κ3) is 4.90. The van der Waals surface area contributed by atoms with Gasteiger partial charge in [-0.3, -0.25) is 4.79 Å². The van der Waals surface area contributed by atoms with E-state index in [1.54, 1.807) is 12.1 Å². The molecule has 1 amide bonds. The number of halogens is 1. The Balaban J connectivity index is 0.00000243. The summed E-state index contributed by atoms with van der Waals surface area (Å²) >= 11 is 0. The summed E-state index contributed by atoms with van der Waals surface area (Å²) in [6, 6.07) is 6.59. The first-order valence-corrected chi connectivity index (χ1v) is 10.7. The average molecular weight is 403 g/mol. The van der Waals surface area contributed by atoms with E-state index in [9.17, 15) is 13.2 Å². The second-order valence-corrected chi connectivity index (χ2v) is 9.18. The summed E-state index contributed by atoms with van der Waals surface area (Å²) < 4.78 is 28.4. The van der Waals surface area contributed by atoms with Crippen LogP contribution in [0.25, 0.3) is 0 Å². The van der Waals surface area contributed by atoms with E-state index in [1.165, 1.54) is 18.4 Å². The number of likely N-dealkylation sites (tertiary alicyclic amines) is 1. The zero-order chi connectivity index (χ0) is 18.0. The lowest BCUT2D eigenvalue weighted by Gasteiger charge is -2.18. The molecule has 0 spiro atoms. The van der Waals surface area contributed by atoms with Gasteiger partial charge in [0.15, 0.2) is 9.84 Å². The van der Waals surface area contributed by atoms with Gasteiger partial charge < -0.3 is 15.4 Å². The molecular weight excluding hydrogens is 376 g/mol. The monoisotopic (exact) mass is 402 g/mol. The van der Waals surface area contributed by atoms with Gasteiger partial charge >= 0.3 is 0 Å². The Morgan fingerprint density at radius 2 is 1.92 bits per heavy atom. The second kappa shape index (κ2) is 8.59. The van der Waals surface area contributed by atoms with Crippen molar-refractivity contribution in [2.45, 2.75) is 36.6 Å². The number of amides is 1. The highest BCUT2D eigenvalue weighted by atomic mass is 35.5. The van der Waals surface area contributed by atoms with Crippen molar-refractivity contribution in [1.82, 2.24) is 4.90 Å². The number of fused-ring (bicyclic) bond motifs is 1. The predicted octanol–water partition coefficient (Wildman–Crippen LogP) is 1.87. The Morgan fingerprint density at radius 3 is 2.54 bits per heavy atom. The summed E-state index contributed by atoms with van der Waals surface area (Å²) in [6.07, 6.45) is 4.51. The number of ether oxygens (including phenoxy) is 1. The molecule has 1 aromatic carbocycles. The number of sulfone groups is 1. The van der Waals surface area contributed by atoms with Crippen LogP contribution in [-0.2, 0) is 14.6 Å².